The topological polar surface area (TPSA) is 83.4 Å². The summed E-state index contributed by atoms with van der Waals surface area (Å²) in [6.07, 6.45) is 4.97. The monoisotopic (exact) mass is 425 g/mol. The molecule has 5 rings (SSSR count). The molecule has 0 amide bonds. The second kappa shape index (κ2) is 8.09. The molecule has 0 spiro atoms. The Morgan fingerprint density at radius 1 is 1.23 bits per heavy atom. The number of likely N-dealkylation sites (tertiary alicyclic amines) is 1. The summed E-state index contributed by atoms with van der Waals surface area (Å²) < 4.78 is 6.48. The van der Waals surface area contributed by atoms with E-state index in [1.807, 2.05) is 30.5 Å². The van der Waals surface area contributed by atoms with Crippen molar-refractivity contribution < 1.29 is 9.84 Å². The normalized spacial score (nSPS) is 24.7. The predicted octanol–water partition coefficient (Wildman–Crippen LogP) is 3.82. The smallest absolute Gasteiger partial charge is 0.243 e. The first-order chi connectivity index (χ1) is 14.6. The van der Waals surface area contributed by atoms with E-state index in [4.69, 9.17) is 4.74 Å². The zero-order chi connectivity index (χ0) is 20.7. The molecule has 2 fully saturated rings. The van der Waals surface area contributed by atoms with Gasteiger partial charge in [-0.25, -0.2) is 4.98 Å². The van der Waals surface area contributed by atoms with Crippen LogP contribution < -0.4 is 5.32 Å². The number of benzene rings is 1. The largest absolute Gasteiger partial charge is 0.507 e. The minimum atomic E-state index is 0.242. The van der Waals surface area contributed by atoms with Gasteiger partial charge in [0, 0.05) is 41.4 Å². The number of aromatic nitrogens is 3. The number of nitrogens with one attached hydrogen (secondary N) is 1. The number of phenols is 1. The van der Waals surface area contributed by atoms with Crippen LogP contribution >= 0.6 is 11.3 Å². The molecule has 158 valence electrons. The van der Waals surface area contributed by atoms with Crippen LogP contribution in [0.4, 0.5) is 5.95 Å². The lowest BCUT2D eigenvalue weighted by molar-refractivity contribution is -0.0333. The highest BCUT2D eigenvalue weighted by Crippen LogP contribution is 2.38. The maximum atomic E-state index is 10.7. The Morgan fingerprint density at radius 2 is 2.10 bits per heavy atom. The van der Waals surface area contributed by atoms with Crippen molar-refractivity contribution in [2.45, 2.75) is 50.8 Å². The van der Waals surface area contributed by atoms with Crippen LogP contribution in [0.1, 0.15) is 31.4 Å². The first kappa shape index (κ1) is 19.7. The lowest BCUT2D eigenvalue weighted by Crippen LogP contribution is -2.53. The van der Waals surface area contributed by atoms with Crippen molar-refractivity contribution >= 4 is 27.4 Å². The molecular formula is C22H27N5O2S. The highest BCUT2D eigenvalue weighted by atomic mass is 32.1. The molecule has 1 aliphatic carbocycles. The summed E-state index contributed by atoms with van der Waals surface area (Å²) in [5, 5.41) is 25.7. The van der Waals surface area contributed by atoms with Gasteiger partial charge in [-0.1, -0.05) is 0 Å². The SMILES string of the molecule is COC1CC(N2CCC[C@@H](Nc3nnc(-c4ccc5sccc5c4O)c(C)n3)C2)C1. The number of aryl methyl sites for hydroxylation is 1. The van der Waals surface area contributed by atoms with Crippen molar-refractivity contribution in [3.63, 3.8) is 0 Å². The summed E-state index contributed by atoms with van der Waals surface area (Å²) in [7, 11) is 1.80. The molecule has 0 unspecified atom stereocenters. The van der Waals surface area contributed by atoms with Gasteiger partial charge in [0.15, 0.2) is 0 Å². The fourth-order valence-corrected chi connectivity index (χ4v) is 5.39. The Balaban J connectivity index is 1.29. The number of phenolic OH excluding ortho intramolecular Hbond substituents is 1. The van der Waals surface area contributed by atoms with E-state index in [-0.39, 0.29) is 5.75 Å². The number of aromatic hydroxyl groups is 1. The average Bonchev–Trinajstić information content (AvgIpc) is 3.18. The number of methoxy groups -OCH3 is 1. The van der Waals surface area contributed by atoms with E-state index < -0.39 is 0 Å². The molecule has 7 nitrogen and oxygen atoms in total. The number of hydrogen-bond acceptors (Lipinski definition) is 8. The number of fused-ring (bicyclic) bond motifs is 1. The van der Waals surface area contributed by atoms with Gasteiger partial charge < -0.3 is 15.2 Å². The van der Waals surface area contributed by atoms with Crippen LogP contribution in [-0.4, -0.2) is 63.6 Å². The standard InChI is InChI=1S/C22H27N5O2S/c1-13-20(18-5-6-19-17(21(18)28)7-9-30-19)25-26-22(23-13)24-14-4-3-8-27(12-14)15-10-16(11-15)29-2/h5-7,9,14-16,28H,3-4,8,10-12H2,1-2H3,(H,23,24,26)/t14-,15?,16?/m1/s1. The third-order valence-electron chi connectivity index (χ3n) is 6.43. The predicted molar refractivity (Wildman–Crippen MR) is 119 cm³/mol. The molecule has 1 atom stereocenters. The Labute approximate surface area is 180 Å². The number of piperidine rings is 1. The number of anilines is 1. The molecular weight excluding hydrogens is 398 g/mol. The van der Waals surface area contributed by atoms with Gasteiger partial charge >= 0.3 is 0 Å². The quantitative estimate of drug-likeness (QED) is 0.643. The lowest BCUT2D eigenvalue weighted by atomic mass is 9.86. The maximum Gasteiger partial charge on any atom is 0.243 e. The third kappa shape index (κ3) is 3.64. The van der Waals surface area contributed by atoms with Crippen LogP contribution in [0.15, 0.2) is 23.6 Å². The number of ether oxygens (including phenoxy) is 1. The molecule has 30 heavy (non-hydrogen) atoms. The zero-order valence-corrected chi connectivity index (χ0v) is 18.2. The van der Waals surface area contributed by atoms with Crippen molar-refractivity contribution in [2.24, 2.45) is 0 Å². The van der Waals surface area contributed by atoms with E-state index in [0.29, 0.717) is 35.4 Å². The molecule has 1 saturated carbocycles. The van der Waals surface area contributed by atoms with E-state index in [0.717, 1.165) is 48.1 Å². The summed E-state index contributed by atoms with van der Waals surface area (Å²) in [6, 6.07) is 6.79. The molecule has 0 bridgehead atoms. The first-order valence-electron chi connectivity index (χ1n) is 10.6. The van der Waals surface area contributed by atoms with Crippen LogP contribution in [0.25, 0.3) is 21.3 Å². The molecule has 1 saturated heterocycles. The van der Waals surface area contributed by atoms with Gasteiger partial charge in [-0.2, -0.15) is 0 Å². The summed E-state index contributed by atoms with van der Waals surface area (Å²) in [5.74, 6) is 0.800. The van der Waals surface area contributed by atoms with Crippen LogP contribution in [-0.2, 0) is 4.74 Å². The molecule has 3 heterocycles. The van der Waals surface area contributed by atoms with E-state index in [2.05, 4.69) is 25.4 Å². The van der Waals surface area contributed by atoms with E-state index in [9.17, 15) is 5.11 Å². The number of hydrogen-bond donors (Lipinski definition) is 2. The van der Waals surface area contributed by atoms with Crippen LogP contribution in [0, 0.1) is 6.92 Å². The number of rotatable bonds is 5. The van der Waals surface area contributed by atoms with Gasteiger partial charge in [-0.3, -0.25) is 4.90 Å². The van der Waals surface area contributed by atoms with Gasteiger partial charge in [0.2, 0.25) is 5.95 Å². The first-order valence-corrected chi connectivity index (χ1v) is 11.4. The maximum absolute atomic E-state index is 10.7. The summed E-state index contributed by atoms with van der Waals surface area (Å²) in [4.78, 5) is 7.22. The average molecular weight is 426 g/mol. The second-order valence-electron chi connectivity index (χ2n) is 8.32. The van der Waals surface area contributed by atoms with Gasteiger partial charge in [0.1, 0.15) is 11.4 Å². The summed E-state index contributed by atoms with van der Waals surface area (Å²) >= 11 is 1.61. The summed E-state index contributed by atoms with van der Waals surface area (Å²) in [6.45, 7) is 4.07. The fourth-order valence-electron chi connectivity index (χ4n) is 4.60. The highest BCUT2D eigenvalue weighted by Gasteiger charge is 2.36. The van der Waals surface area contributed by atoms with Crippen molar-refractivity contribution in [2.75, 3.05) is 25.5 Å². The number of nitrogens with zero attached hydrogens (tertiary/aromatic N) is 4. The van der Waals surface area contributed by atoms with E-state index >= 15 is 0 Å². The fraction of sp³-hybridized carbons (Fsp3) is 0.500. The Hall–Kier alpha value is -2.29. The molecule has 2 N–H and O–H groups in total. The highest BCUT2D eigenvalue weighted by molar-refractivity contribution is 7.17. The van der Waals surface area contributed by atoms with Gasteiger partial charge in [-0.15, -0.1) is 21.5 Å². The van der Waals surface area contributed by atoms with E-state index in [1.165, 1.54) is 6.42 Å². The minimum absolute atomic E-state index is 0.242. The molecule has 1 aliphatic heterocycles. The van der Waals surface area contributed by atoms with Crippen molar-refractivity contribution in [3.8, 4) is 17.0 Å². The minimum Gasteiger partial charge on any atom is -0.507 e. The molecule has 2 aromatic heterocycles. The third-order valence-corrected chi connectivity index (χ3v) is 7.31. The van der Waals surface area contributed by atoms with Crippen molar-refractivity contribution in [1.82, 2.24) is 20.1 Å². The van der Waals surface area contributed by atoms with Crippen LogP contribution in [0.5, 0.6) is 5.75 Å². The zero-order valence-electron chi connectivity index (χ0n) is 17.3. The molecule has 8 heteroatoms. The molecule has 2 aliphatic rings. The van der Waals surface area contributed by atoms with Gasteiger partial charge in [0.25, 0.3) is 0 Å². The Morgan fingerprint density at radius 3 is 2.90 bits per heavy atom. The van der Waals surface area contributed by atoms with Crippen LogP contribution in [0.2, 0.25) is 0 Å². The van der Waals surface area contributed by atoms with E-state index in [1.54, 1.807) is 18.4 Å². The Bertz CT molecular complexity index is 1050. The van der Waals surface area contributed by atoms with Gasteiger partial charge in [-0.05, 0) is 62.7 Å². The van der Waals surface area contributed by atoms with Crippen molar-refractivity contribution in [3.05, 3.63) is 29.3 Å². The lowest BCUT2D eigenvalue weighted by Gasteiger charge is -2.45. The second-order valence-corrected chi connectivity index (χ2v) is 9.27. The van der Waals surface area contributed by atoms with Gasteiger partial charge in [0.05, 0.1) is 11.8 Å². The molecule has 3 aromatic rings. The number of thiophene rings is 1. The molecule has 1 aromatic carbocycles. The Kier molecular flexibility index (Phi) is 5.30. The van der Waals surface area contributed by atoms with Crippen LogP contribution in [0.3, 0.4) is 0 Å². The molecule has 0 radical (unpaired) electrons. The summed E-state index contributed by atoms with van der Waals surface area (Å²) in [5.41, 5.74) is 2.05. The van der Waals surface area contributed by atoms with Crippen molar-refractivity contribution in [1.29, 1.82) is 0 Å².